The number of nitro groups is 2. The van der Waals surface area contributed by atoms with Crippen LogP contribution >= 0.6 is 47.8 Å². The summed E-state index contributed by atoms with van der Waals surface area (Å²) in [6, 6.07) is 11.2. The Morgan fingerprint density at radius 1 is 0.868 bits per heavy atom. The van der Waals surface area contributed by atoms with Crippen LogP contribution in [0.25, 0.3) is 6.08 Å². The number of nitro benzene ring substituents is 2. The molecule has 0 spiro atoms. The van der Waals surface area contributed by atoms with E-state index in [1.807, 2.05) is 0 Å². The van der Waals surface area contributed by atoms with Gasteiger partial charge < -0.3 is 4.74 Å². The summed E-state index contributed by atoms with van der Waals surface area (Å²) in [6.07, 6.45) is 1.16. The van der Waals surface area contributed by atoms with E-state index in [0.717, 1.165) is 29.2 Å². The molecule has 0 aromatic heterocycles. The van der Waals surface area contributed by atoms with Crippen LogP contribution in [0.5, 0.6) is 11.5 Å². The fraction of sp³-hybridized carbons (Fsp3) is 0. The molecule has 192 valence electrons. The third-order valence-corrected chi connectivity index (χ3v) is 6.66. The van der Waals surface area contributed by atoms with Crippen molar-refractivity contribution in [1.29, 1.82) is 0 Å². The molecular formula is C23H11Br3N4O8. The van der Waals surface area contributed by atoms with Crippen molar-refractivity contribution in [2.75, 3.05) is 4.90 Å². The van der Waals surface area contributed by atoms with Crippen molar-refractivity contribution in [3.63, 3.8) is 0 Å². The van der Waals surface area contributed by atoms with E-state index in [0.29, 0.717) is 8.95 Å². The molecule has 0 saturated carbocycles. The summed E-state index contributed by atoms with van der Waals surface area (Å²) in [4.78, 5) is 60.2. The Labute approximate surface area is 237 Å². The number of hydrogen-bond donors (Lipinski definition) is 1. The van der Waals surface area contributed by atoms with Gasteiger partial charge in [-0.1, -0.05) is 31.9 Å². The van der Waals surface area contributed by atoms with Gasteiger partial charge in [0.2, 0.25) is 5.75 Å². The zero-order valence-corrected chi connectivity index (χ0v) is 23.3. The first-order valence-electron chi connectivity index (χ1n) is 10.2. The lowest BCUT2D eigenvalue weighted by molar-refractivity contribution is -0.394. The summed E-state index contributed by atoms with van der Waals surface area (Å²) in [7, 11) is 0. The Kier molecular flexibility index (Phi) is 7.71. The molecule has 0 radical (unpaired) electrons. The number of halogens is 3. The Balaban J connectivity index is 1.81. The number of amides is 4. The second kappa shape index (κ2) is 10.8. The molecule has 3 aromatic carbocycles. The lowest BCUT2D eigenvalue weighted by atomic mass is 10.1. The molecule has 1 saturated heterocycles. The monoisotopic (exact) mass is 708 g/mol. The van der Waals surface area contributed by atoms with Crippen LogP contribution < -0.4 is 15.0 Å². The van der Waals surface area contributed by atoms with Gasteiger partial charge in [-0.3, -0.25) is 35.1 Å². The van der Waals surface area contributed by atoms with Crippen LogP contribution in [0.2, 0.25) is 0 Å². The average molecular weight is 711 g/mol. The van der Waals surface area contributed by atoms with Crippen LogP contribution in [0.4, 0.5) is 21.9 Å². The number of rotatable bonds is 6. The minimum atomic E-state index is -0.961. The molecule has 12 nitrogen and oxygen atoms in total. The first-order valence-corrected chi connectivity index (χ1v) is 12.6. The second-order valence-corrected chi connectivity index (χ2v) is 10.2. The number of hydrogen-bond acceptors (Lipinski definition) is 8. The molecule has 38 heavy (non-hydrogen) atoms. The molecule has 1 aliphatic heterocycles. The van der Waals surface area contributed by atoms with Gasteiger partial charge in [-0.25, -0.2) is 9.69 Å². The molecule has 0 unspecified atom stereocenters. The van der Waals surface area contributed by atoms with Crippen molar-refractivity contribution in [3.8, 4) is 11.5 Å². The Morgan fingerprint density at radius 3 is 2.18 bits per heavy atom. The molecule has 4 rings (SSSR count). The summed E-state index contributed by atoms with van der Waals surface area (Å²) in [5.41, 5.74) is -1.26. The highest BCUT2D eigenvalue weighted by Gasteiger charge is 2.37. The number of imide groups is 2. The first-order chi connectivity index (χ1) is 18.0. The summed E-state index contributed by atoms with van der Waals surface area (Å²) in [6.45, 7) is 0. The van der Waals surface area contributed by atoms with Crippen LogP contribution in [-0.4, -0.2) is 27.7 Å². The van der Waals surface area contributed by atoms with E-state index in [2.05, 4.69) is 53.1 Å². The molecule has 0 aliphatic carbocycles. The van der Waals surface area contributed by atoms with Gasteiger partial charge in [0.25, 0.3) is 17.5 Å². The number of benzene rings is 3. The number of carbonyl (C=O) groups excluding carboxylic acids is 3. The summed E-state index contributed by atoms with van der Waals surface area (Å²) < 4.78 is 7.25. The smallest absolute Gasteiger partial charge is 0.335 e. The van der Waals surface area contributed by atoms with Gasteiger partial charge in [-0.2, -0.15) is 0 Å². The van der Waals surface area contributed by atoms with Crippen LogP contribution in [0.3, 0.4) is 0 Å². The SMILES string of the molecule is O=C1NC(=O)N(c2ccc(Br)cc2)C(=O)/C1=C/c1cc(Br)cc(Br)c1Oc1ccc([N+](=O)[O-])cc1[N+](=O)[O-]. The molecule has 3 aromatic rings. The minimum absolute atomic E-state index is 0.0367. The average Bonchev–Trinajstić information content (AvgIpc) is 2.84. The zero-order chi connectivity index (χ0) is 27.7. The van der Waals surface area contributed by atoms with E-state index < -0.39 is 44.6 Å². The molecular weight excluding hydrogens is 700 g/mol. The van der Waals surface area contributed by atoms with Gasteiger partial charge in [-0.05, 0) is 64.5 Å². The minimum Gasteiger partial charge on any atom is -0.448 e. The standard InChI is InChI=1S/C23H11Br3N4O8/c24-12-1-3-14(4-2-12)28-22(32)16(21(31)27-23(28)33)8-11-7-13(25)9-17(26)20(11)38-19-6-5-15(29(34)35)10-18(19)30(36)37/h1-10H,(H,27,31,33)/b16-8+. The number of barbiturate groups is 1. The lowest BCUT2D eigenvalue weighted by Gasteiger charge is -2.26. The summed E-state index contributed by atoms with van der Waals surface area (Å²) >= 11 is 9.87. The predicted molar refractivity (Wildman–Crippen MR) is 145 cm³/mol. The molecule has 1 heterocycles. The van der Waals surface area contributed by atoms with Crippen molar-refractivity contribution in [3.05, 3.63) is 99.4 Å². The van der Waals surface area contributed by atoms with Crippen molar-refractivity contribution >= 4 is 88.8 Å². The maximum atomic E-state index is 13.3. The normalized spacial score (nSPS) is 14.4. The quantitative estimate of drug-likeness (QED) is 0.136. The van der Waals surface area contributed by atoms with E-state index in [1.165, 1.54) is 18.2 Å². The van der Waals surface area contributed by atoms with E-state index in [4.69, 9.17) is 4.74 Å². The van der Waals surface area contributed by atoms with Crippen LogP contribution in [0.15, 0.2) is 73.6 Å². The molecule has 1 N–H and O–H groups in total. The van der Waals surface area contributed by atoms with Crippen LogP contribution in [0, 0.1) is 20.2 Å². The highest BCUT2D eigenvalue weighted by Crippen LogP contribution is 2.41. The third kappa shape index (κ3) is 5.49. The number of ether oxygens (including phenoxy) is 1. The highest BCUT2D eigenvalue weighted by molar-refractivity contribution is 9.11. The Hall–Kier alpha value is -3.95. The number of anilines is 1. The Bertz CT molecular complexity index is 1570. The maximum absolute atomic E-state index is 13.3. The summed E-state index contributed by atoms with van der Waals surface area (Å²) in [5, 5.41) is 24.7. The van der Waals surface area contributed by atoms with Crippen molar-refractivity contribution < 1.29 is 29.0 Å². The number of urea groups is 1. The fourth-order valence-electron chi connectivity index (χ4n) is 3.39. The van der Waals surface area contributed by atoms with E-state index in [-0.39, 0.29) is 27.2 Å². The van der Waals surface area contributed by atoms with Crippen LogP contribution in [0.1, 0.15) is 5.56 Å². The van der Waals surface area contributed by atoms with Gasteiger partial charge >= 0.3 is 11.7 Å². The number of nitrogens with one attached hydrogen (secondary N) is 1. The van der Waals surface area contributed by atoms with E-state index in [1.54, 1.807) is 18.2 Å². The zero-order valence-electron chi connectivity index (χ0n) is 18.5. The van der Waals surface area contributed by atoms with Crippen molar-refractivity contribution in [2.24, 2.45) is 0 Å². The molecule has 4 amide bonds. The highest BCUT2D eigenvalue weighted by atomic mass is 79.9. The third-order valence-electron chi connectivity index (χ3n) is 5.09. The molecule has 1 aliphatic rings. The van der Waals surface area contributed by atoms with Gasteiger partial charge in [0.05, 0.1) is 26.1 Å². The number of non-ortho nitro benzene ring substituents is 1. The lowest BCUT2D eigenvalue weighted by Crippen LogP contribution is -2.54. The number of nitrogens with zero attached hydrogens (tertiary/aromatic N) is 3. The summed E-state index contributed by atoms with van der Waals surface area (Å²) in [5.74, 6) is -2.24. The molecule has 1 fully saturated rings. The molecule has 0 atom stereocenters. The van der Waals surface area contributed by atoms with Crippen molar-refractivity contribution in [2.45, 2.75) is 0 Å². The predicted octanol–water partition coefficient (Wildman–Crippen LogP) is 6.25. The van der Waals surface area contributed by atoms with Crippen molar-refractivity contribution in [1.82, 2.24) is 5.32 Å². The maximum Gasteiger partial charge on any atom is 0.335 e. The molecule has 15 heteroatoms. The molecule has 0 bridgehead atoms. The van der Waals surface area contributed by atoms with Gasteiger partial charge in [-0.15, -0.1) is 0 Å². The first kappa shape index (κ1) is 27.1. The second-order valence-electron chi connectivity index (χ2n) is 7.51. The van der Waals surface area contributed by atoms with Gasteiger partial charge in [0, 0.05) is 20.6 Å². The van der Waals surface area contributed by atoms with E-state index >= 15 is 0 Å². The topological polar surface area (TPSA) is 162 Å². The number of carbonyl (C=O) groups is 3. The van der Waals surface area contributed by atoms with Gasteiger partial charge in [0.1, 0.15) is 11.3 Å². The Morgan fingerprint density at radius 2 is 1.55 bits per heavy atom. The van der Waals surface area contributed by atoms with Gasteiger partial charge in [0.15, 0.2) is 0 Å². The largest absolute Gasteiger partial charge is 0.448 e. The van der Waals surface area contributed by atoms with Crippen LogP contribution in [-0.2, 0) is 9.59 Å². The fourth-order valence-corrected chi connectivity index (χ4v) is 4.99. The van der Waals surface area contributed by atoms with E-state index in [9.17, 15) is 34.6 Å².